The van der Waals surface area contributed by atoms with Crippen molar-refractivity contribution in [2.75, 3.05) is 0 Å². The number of hydrogen-bond acceptors (Lipinski definition) is 2. The minimum atomic E-state index is -1.82. The number of carboxylic acid groups (broad SMARTS) is 2. The van der Waals surface area contributed by atoms with E-state index in [1.165, 1.54) is 11.4 Å². The summed E-state index contributed by atoms with van der Waals surface area (Å²) in [6.45, 7) is 0. The van der Waals surface area contributed by atoms with E-state index in [2.05, 4.69) is 55.7 Å². The number of aryl methyl sites for hydroxylation is 2. The molecule has 0 atom stereocenters. The number of rotatable bonds is 0. The first-order valence-electron chi connectivity index (χ1n) is 5.68. The predicted octanol–water partition coefficient (Wildman–Crippen LogP) is 0.536. The maximum absolute atomic E-state index is 9.10. The molecule has 0 bridgehead atoms. The molecule has 21 heavy (non-hydrogen) atoms. The zero-order valence-electron chi connectivity index (χ0n) is 11.3. The number of fused-ring (bicyclic) bond motifs is 3. The van der Waals surface area contributed by atoms with E-state index < -0.39 is 11.9 Å². The summed E-state index contributed by atoms with van der Waals surface area (Å²) in [5, 5.41) is 14.8. The number of imidazole rings is 2. The molecule has 0 saturated carbocycles. The fourth-order valence-electron chi connectivity index (χ4n) is 1.85. The van der Waals surface area contributed by atoms with Crippen LogP contribution >= 0.6 is 0 Å². The van der Waals surface area contributed by atoms with Gasteiger partial charge in [0, 0.05) is 0 Å². The Balaban J connectivity index is 0.000000275. The van der Waals surface area contributed by atoms with Crippen LogP contribution in [0.3, 0.4) is 0 Å². The van der Waals surface area contributed by atoms with Crippen LogP contribution in [0.25, 0.3) is 11.4 Å². The molecule has 0 fully saturated rings. The molecule has 0 aromatic rings. The molecule has 0 radical (unpaired) electrons. The molecular formula is C12H14N4O4Os. The van der Waals surface area contributed by atoms with Crippen LogP contribution in [-0.2, 0) is 43.5 Å². The van der Waals surface area contributed by atoms with E-state index in [9.17, 15) is 0 Å². The van der Waals surface area contributed by atoms with E-state index in [1.807, 2.05) is 14.1 Å². The Hall–Kier alpha value is -2.26. The van der Waals surface area contributed by atoms with Crippen molar-refractivity contribution in [3.05, 3.63) is 37.2 Å². The van der Waals surface area contributed by atoms with Crippen molar-refractivity contribution in [1.82, 2.24) is 18.5 Å². The SMILES string of the molecule is Cn1cc2ccc3cn(C)[cH-]n-3n-2[cH-]1.O=C(O)C(=O)O.[Os+2]. The number of hydrogen-bond donors (Lipinski definition) is 2. The second-order valence-electron chi connectivity index (χ2n) is 4.30. The summed E-state index contributed by atoms with van der Waals surface area (Å²) in [5.41, 5.74) is 2.38. The summed E-state index contributed by atoms with van der Waals surface area (Å²) in [6.07, 6.45) is 8.31. The predicted molar refractivity (Wildman–Crippen MR) is 69.5 cm³/mol. The van der Waals surface area contributed by atoms with E-state index in [-0.39, 0.29) is 19.8 Å². The van der Waals surface area contributed by atoms with Gasteiger partial charge in [0.05, 0.1) is 0 Å². The van der Waals surface area contributed by atoms with Crippen LogP contribution in [-0.4, -0.2) is 40.6 Å². The van der Waals surface area contributed by atoms with Gasteiger partial charge >= 0.3 is 31.7 Å². The maximum atomic E-state index is 9.10. The molecule has 0 unspecified atom stereocenters. The first-order chi connectivity index (χ1) is 9.38. The number of carbonyl (C=O) groups is 2. The van der Waals surface area contributed by atoms with Crippen LogP contribution in [0.15, 0.2) is 37.2 Å². The molecule has 114 valence electrons. The molecule has 8 nitrogen and oxygen atoms in total. The monoisotopic (exact) mass is 470 g/mol. The smallest absolute Gasteiger partial charge is 0.473 e. The van der Waals surface area contributed by atoms with E-state index in [1.54, 1.807) is 0 Å². The minimum Gasteiger partial charge on any atom is -0.473 e. The number of aromatic nitrogens is 4. The van der Waals surface area contributed by atoms with Gasteiger partial charge in [0.1, 0.15) is 0 Å². The van der Waals surface area contributed by atoms with Crippen LogP contribution < -0.4 is 0 Å². The Morgan fingerprint density at radius 1 is 0.905 bits per heavy atom. The summed E-state index contributed by atoms with van der Waals surface area (Å²) in [6, 6.07) is 4.24. The maximum Gasteiger partial charge on any atom is 2.00 e. The van der Waals surface area contributed by atoms with Gasteiger partial charge in [-0.2, -0.15) is 0 Å². The number of aliphatic carboxylic acids is 2. The van der Waals surface area contributed by atoms with Crippen molar-refractivity contribution in [3.63, 3.8) is 0 Å². The molecule has 3 aliphatic heterocycles. The molecule has 0 aromatic carbocycles. The molecule has 0 amide bonds. The Labute approximate surface area is 133 Å². The van der Waals surface area contributed by atoms with Gasteiger partial charge in [0.2, 0.25) is 0 Å². The first-order valence-corrected chi connectivity index (χ1v) is 5.68. The van der Waals surface area contributed by atoms with E-state index in [0.717, 1.165) is 0 Å². The van der Waals surface area contributed by atoms with Crippen molar-refractivity contribution in [3.8, 4) is 11.4 Å². The Morgan fingerprint density at radius 3 is 1.52 bits per heavy atom. The van der Waals surface area contributed by atoms with Gasteiger partial charge in [-0.15, -0.1) is 24.5 Å². The standard InChI is InChI=1S/C10H12N4.C2H2O4.Os/c1-11-5-9-3-4-10-6-12(2)8-14(10)13(9)7-11;3-1(4)2(5)6;/h3-8H,1-2H3;(H,3,4)(H,5,6);/q-2;;+2. The van der Waals surface area contributed by atoms with Crippen molar-refractivity contribution in [2.45, 2.75) is 0 Å². The fraction of sp³-hybridized carbons (Fsp3) is 0.167. The fourth-order valence-corrected chi connectivity index (χ4v) is 1.85. The molecule has 0 aliphatic carbocycles. The molecule has 3 aliphatic rings. The molecule has 3 heterocycles. The summed E-state index contributed by atoms with van der Waals surface area (Å²) in [7, 11) is 4.06. The first kappa shape index (κ1) is 16.8. The summed E-state index contributed by atoms with van der Waals surface area (Å²) in [5.74, 6) is -3.65. The zero-order valence-corrected chi connectivity index (χ0v) is 13.9. The largest absolute Gasteiger partial charge is 2.00 e. The summed E-state index contributed by atoms with van der Waals surface area (Å²) >= 11 is 0. The van der Waals surface area contributed by atoms with Gasteiger partial charge in [-0.3, -0.25) is 0 Å². The average molecular weight is 468 g/mol. The van der Waals surface area contributed by atoms with Crippen LogP contribution in [0.4, 0.5) is 0 Å². The Bertz CT molecular complexity index is 660. The van der Waals surface area contributed by atoms with Gasteiger partial charge < -0.3 is 28.7 Å². The van der Waals surface area contributed by atoms with E-state index in [0.29, 0.717) is 0 Å². The second-order valence-corrected chi connectivity index (χ2v) is 4.30. The van der Waals surface area contributed by atoms with Crippen molar-refractivity contribution < 1.29 is 39.6 Å². The van der Waals surface area contributed by atoms with Gasteiger partial charge in [-0.25, -0.2) is 9.59 Å². The normalized spacial score (nSPS) is 9.81. The second kappa shape index (κ2) is 6.46. The van der Waals surface area contributed by atoms with Crippen LogP contribution in [0.2, 0.25) is 0 Å². The Kier molecular flexibility index (Phi) is 5.16. The van der Waals surface area contributed by atoms with Crippen molar-refractivity contribution in [1.29, 1.82) is 0 Å². The molecule has 0 spiro atoms. The molecule has 0 aromatic heterocycles. The van der Waals surface area contributed by atoms with Crippen LogP contribution in [0.1, 0.15) is 0 Å². The third-order valence-electron chi connectivity index (χ3n) is 2.62. The van der Waals surface area contributed by atoms with Gasteiger partial charge in [0.25, 0.3) is 0 Å². The quantitative estimate of drug-likeness (QED) is 0.372. The summed E-state index contributed by atoms with van der Waals surface area (Å²) in [4.78, 5) is 18.2. The minimum absolute atomic E-state index is 0. The number of carboxylic acids is 2. The summed E-state index contributed by atoms with van der Waals surface area (Å²) < 4.78 is 8.34. The van der Waals surface area contributed by atoms with Gasteiger partial charge in [-0.05, 0) is 26.7 Å². The molecular weight excluding hydrogens is 454 g/mol. The Morgan fingerprint density at radius 2 is 1.24 bits per heavy atom. The zero-order chi connectivity index (χ0) is 14.9. The molecule has 3 rings (SSSR count). The third-order valence-corrected chi connectivity index (χ3v) is 2.62. The number of nitrogens with zero attached hydrogens (tertiary/aromatic N) is 4. The van der Waals surface area contributed by atoms with E-state index in [4.69, 9.17) is 19.8 Å². The molecule has 9 heteroatoms. The van der Waals surface area contributed by atoms with Crippen LogP contribution in [0.5, 0.6) is 0 Å². The molecule has 2 N–H and O–H groups in total. The van der Waals surface area contributed by atoms with Crippen molar-refractivity contribution in [2.24, 2.45) is 14.1 Å². The van der Waals surface area contributed by atoms with E-state index >= 15 is 0 Å². The average Bonchev–Trinajstić information content (AvgIpc) is 2.90. The van der Waals surface area contributed by atoms with Crippen molar-refractivity contribution >= 4 is 11.9 Å². The third kappa shape index (κ3) is 3.64. The van der Waals surface area contributed by atoms with Crippen LogP contribution in [0, 0.1) is 0 Å². The topological polar surface area (TPSA) is 94.3 Å². The van der Waals surface area contributed by atoms with Gasteiger partial charge in [0.15, 0.2) is 0 Å². The van der Waals surface area contributed by atoms with Gasteiger partial charge in [-0.1, -0.05) is 11.4 Å². The molecule has 0 saturated heterocycles.